The first-order chi connectivity index (χ1) is 13.5. The van der Waals surface area contributed by atoms with Gasteiger partial charge in [0, 0.05) is 18.4 Å². The van der Waals surface area contributed by atoms with Crippen LogP contribution in [0.5, 0.6) is 0 Å². The third-order valence-corrected chi connectivity index (χ3v) is 5.77. The van der Waals surface area contributed by atoms with Gasteiger partial charge in [-0.25, -0.2) is 4.39 Å². The van der Waals surface area contributed by atoms with Crippen LogP contribution in [-0.2, 0) is 22.4 Å². The lowest BCUT2D eigenvalue weighted by molar-refractivity contribution is -0.159. The Balaban J connectivity index is 1.69. The Morgan fingerprint density at radius 2 is 2.00 bits per heavy atom. The summed E-state index contributed by atoms with van der Waals surface area (Å²) in [5.74, 6) is -0.419. The molecule has 0 radical (unpaired) electrons. The third kappa shape index (κ3) is 4.96. The van der Waals surface area contributed by atoms with Crippen molar-refractivity contribution in [1.82, 2.24) is 9.88 Å². The van der Waals surface area contributed by atoms with E-state index in [0.717, 1.165) is 37.9 Å². The van der Waals surface area contributed by atoms with E-state index in [1.165, 1.54) is 17.7 Å². The van der Waals surface area contributed by atoms with Crippen molar-refractivity contribution in [3.8, 4) is 0 Å². The fourth-order valence-corrected chi connectivity index (χ4v) is 4.16. The lowest BCUT2D eigenvalue weighted by atomic mass is 9.73. The first-order valence-corrected chi connectivity index (χ1v) is 10.1. The van der Waals surface area contributed by atoms with Gasteiger partial charge in [0.1, 0.15) is 5.82 Å². The molecular formula is C23H29FN2O2. The molecule has 1 aliphatic heterocycles. The number of hydrogen-bond donors (Lipinski definition) is 0. The molecule has 1 aliphatic rings. The predicted octanol–water partition coefficient (Wildman–Crippen LogP) is 4.04. The molecule has 1 unspecified atom stereocenters. The predicted molar refractivity (Wildman–Crippen MR) is 107 cm³/mol. The van der Waals surface area contributed by atoms with E-state index in [-0.39, 0.29) is 11.8 Å². The summed E-state index contributed by atoms with van der Waals surface area (Å²) >= 11 is 0. The second-order valence-electron chi connectivity index (χ2n) is 7.76. The maximum atomic E-state index is 13.6. The van der Waals surface area contributed by atoms with Gasteiger partial charge in [0.25, 0.3) is 0 Å². The molecule has 0 spiro atoms. The molecule has 1 fully saturated rings. The van der Waals surface area contributed by atoms with Crippen LogP contribution in [0, 0.1) is 11.2 Å². The molecule has 5 heteroatoms. The molecule has 0 N–H and O–H groups in total. The highest BCUT2D eigenvalue weighted by Crippen LogP contribution is 2.37. The SMILES string of the molecule is CCOC(=O)C1(Cc2cccc(F)c2)CCN(C(C)Cc2cccnc2)CC1. The van der Waals surface area contributed by atoms with E-state index < -0.39 is 5.41 Å². The molecule has 150 valence electrons. The first-order valence-electron chi connectivity index (χ1n) is 10.1. The quantitative estimate of drug-likeness (QED) is 0.676. The second-order valence-corrected chi connectivity index (χ2v) is 7.76. The van der Waals surface area contributed by atoms with Crippen molar-refractivity contribution in [1.29, 1.82) is 0 Å². The van der Waals surface area contributed by atoms with Crippen molar-refractivity contribution in [2.24, 2.45) is 5.41 Å². The summed E-state index contributed by atoms with van der Waals surface area (Å²) in [7, 11) is 0. The van der Waals surface area contributed by atoms with Gasteiger partial charge in [-0.15, -0.1) is 0 Å². The molecule has 4 nitrogen and oxygen atoms in total. The molecule has 28 heavy (non-hydrogen) atoms. The van der Waals surface area contributed by atoms with E-state index in [9.17, 15) is 9.18 Å². The Hall–Kier alpha value is -2.27. The molecule has 0 bridgehead atoms. The second kappa shape index (κ2) is 9.28. The topological polar surface area (TPSA) is 42.4 Å². The van der Waals surface area contributed by atoms with Gasteiger partial charge in [0.05, 0.1) is 12.0 Å². The highest BCUT2D eigenvalue weighted by atomic mass is 19.1. The van der Waals surface area contributed by atoms with E-state index in [2.05, 4.69) is 22.9 Å². The van der Waals surface area contributed by atoms with E-state index in [1.807, 2.05) is 25.3 Å². The van der Waals surface area contributed by atoms with Crippen LogP contribution in [-0.4, -0.2) is 41.6 Å². The Morgan fingerprint density at radius 1 is 1.25 bits per heavy atom. The number of esters is 1. The van der Waals surface area contributed by atoms with Crippen molar-refractivity contribution in [3.05, 3.63) is 65.7 Å². The molecule has 1 atom stereocenters. The van der Waals surface area contributed by atoms with Crippen LogP contribution in [0.1, 0.15) is 37.8 Å². The standard InChI is InChI=1S/C23H29FN2O2/c1-3-28-22(27)23(16-19-6-4-8-21(24)15-19)9-12-26(13-10-23)18(2)14-20-7-5-11-25-17-20/h4-8,11,15,17-18H,3,9-10,12-14,16H2,1-2H3. The number of hydrogen-bond acceptors (Lipinski definition) is 4. The van der Waals surface area contributed by atoms with Gasteiger partial charge in [-0.05, 0) is 81.9 Å². The minimum Gasteiger partial charge on any atom is -0.466 e. The Morgan fingerprint density at radius 3 is 2.64 bits per heavy atom. The highest BCUT2D eigenvalue weighted by molar-refractivity contribution is 5.77. The van der Waals surface area contributed by atoms with Crippen LogP contribution in [0.2, 0.25) is 0 Å². The van der Waals surface area contributed by atoms with Gasteiger partial charge in [0.15, 0.2) is 0 Å². The molecule has 1 aromatic carbocycles. The van der Waals surface area contributed by atoms with E-state index in [4.69, 9.17) is 4.74 Å². The zero-order valence-corrected chi connectivity index (χ0v) is 16.7. The number of ether oxygens (including phenoxy) is 1. The summed E-state index contributed by atoms with van der Waals surface area (Å²) in [5.41, 5.74) is 1.50. The molecule has 0 aliphatic carbocycles. The smallest absolute Gasteiger partial charge is 0.312 e. The molecule has 2 aromatic rings. The van der Waals surface area contributed by atoms with Crippen LogP contribution in [0.4, 0.5) is 4.39 Å². The van der Waals surface area contributed by atoms with Gasteiger partial charge < -0.3 is 9.64 Å². The van der Waals surface area contributed by atoms with Gasteiger partial charge in [0.2, 0.25) is 0 Å². The largest absolute Gasteiger partial charge is 0.466 e. The number of benzene rings is 1. The Kier molecular flexibility index (Phi) is 6.79. The van der Waals surface area contributed by atoms with E-state index >= 15 is 0 Å². The summed E-state index contributed by atoms with van der Waals surface area (Å²) in [5, 5.41) is 0. The summed E-state index contributed by atoms with van der Waals surface area (Å²) in [6.45, 7) is 6.08. The molecule has 3 rings (SSSR count). The monoisotopic (exact) mass is 384 g/mol. The number of carbonyl (C=O) groups is 1. The molecule has 0 saturated carbocycles. The first kappa shape index (κ1) is 20.5. The summed E-state index contributed by atoms with van der Waals surface area (Å²) in [4.78, 5) is 19.5. The van der Waals surface area contributed by atoms with Crippen LogP contribution < -0.4 is 0 Å². The van der Waals surface area contributed by atoms with Gasteiger partial charge in [-0.2, -0.15) is 0 Å². The van der Waals surface area contributed by atoms with Crippen LogP contribution in [0.15, 0.2) is 48.8 Å². The normalized spacial score (nSPS) is 17.8. The average Bonchev–Trinajstić information content (AvgIpc) is 2.69. The molecule has 2 heterocycles. The fraction of sp³-hybridized carbons (Fsp3) is 0.478. The number of rotatable bonds is 7. The van der Waals surface area contributed by atoms with Crippen molar-refractivity contribution in [3.63, 3.8) is 0 Å². The number of pyridine rings is 1. The Bertz CT molecular complexity index is 773. The number of aromatic nitrogens is 1. The number of likely N-dealkylation sites (tertiary alicyclic amines) is 1. The number of piperidine rings is 1. The van der Waals surface area contributed by atoms with Crippen molar-refractivity contribution >= 4 is 5.97 Å². The molecule has 1 aromatic heterocycles. The zero-order chi connectivity index (χ0) is 20.0. The lowest BCUT2D eigenvalue weighted by Gasteiger charge is -2.42. The third-order valence-electron chi connectivity index (χ3n) is 5.77. The summed E-state index contributed by atoms with van der Waals surface area (Å²) in [6.07, 6.45) is 6.60. The van der Waals surface area contributed by atoms with Gasteiger partial charge in [-0.3, -0.25) is 9.78 Å². The van der Waals surface area contributed by atoms with E-state index in [1.54, 1.807) is 12.3 Å². The maximum Gasteiger partial charge on any atom is 0.312 e. The molecular weight excluding hydrogens is 355 g/mol. The zero-order valence-electron chi connectivity index (χ0n) is 16.7. The van der Waals surface area contributed by atoms with Crippen LogP contribution in [0.3, 0.4) is 0 Å². The lowest BCUT2D eigenvalue weighted by Crippen LogP contribution is -2.49. The van der Waals surface area contributed by atoms with Crippen molar-refractivity contribution in [2.75, 3.05) is 19.7 Å². The summed E-state index contributed by atoms with van der Waals surface area (Å²) < 4.78 is 19.1. The van der Waals surface area contributed by atoms with Gasteiger partial charge >= 0.3 is 5.97 Å². The maximum absolute atomic E-state index is 13.6. The molecule has 1 saturated heterocycles. The minimum absolute atomic E-state index is 0.154. The highest BCUT2D eigenvalue weighted by Gasteiger charge is 2.43. The Labute approximate surface area is 166 Å². The van der Waals surface area contributed by atoms with Crippen LogP contribution >= 0.6 is 0 Å². The number of halogens is 1. The van der Waals surface area contributed by atoms with E-state index in [0.29, 0.717) is 19.1 Å². The van der Waals surface area contributed by atoms with Crippen LogP contribution in [0.25, 0.3) is 0 Å². The minimum atomic E-state index is -0.575. The van der Waals surface area contributed by atoms with Crippen molar-refractivity contribution in [2.45, 2.75) is 45.6 Å². The number of carbonyl (C=O) groups excluding carboxylic acids is 1. The average molecular weight is 384 g/mol. The summed E-state index contributed by atoms with van der Waals surface area (Å²) in [6, 6.07) is 11.0. The van der Waals surface area contributed by atoms with Crippen molar-refractivity contribution < 1.29 is 13.9 Å². The molecule has 0 amide bonds. The van der Waals surface area contributed by atoms with Gasteiger partial charge in [-0.1, -0.05) is 18.2 Å². The number of nitrogens with zero attached hydrogens (tertiary/aromatic N) is 2. The fourth-order valence-electron chi connectivity index (χ4n) is 4.16.